The zero-order chi connectivity index (χ0) is 21.3. The molecule has 1 amide bonds. The lowest BCUT2D eigenvalue weighted by atomic mass is 9.97. The van der Waals surface area contributed by atoms with Crippen LogP contribution in [0.5, 0.6) is 5.75 Å². The fourth-order valence-electron chi connectivity index (χ4n) is 3.40. The molecule has 0 atom stereocenters. The third-order valence-corrected chi connectivity index (χ3v) is 4.94. The Labute approximate surface area is 169 Å². The predicted octanol–water partition coefficient (Wildman–Crippen LogP) is 3.90. The normalized spacial score (nSPS) is 15.3. The van der Waals surface area contributed by atoms with E-state index in [1.54, 1.807) is 10.6 Å². The highest BCUT2D eigenvalue weighted by atomic mass is 19.4. The van der Waals surface area contributed by atoms with Gasteiger partial charge in [-0.3, -0.25) is 4.79 Å². The van der Waals surface area contributed by atoms with Gasteiger partial charge in [-0.2, -0.15) is 13.2 Å². The van der Waals surface area contributed by atoms with Crippen molar-refractivity contribution in [2.75, 3.05) is 25.6 Å². The van der Waals surface area contributed by atoms with E-state index in [1.165, 1.54) is 25.3 Å². The lowest BCUT2D eigenvalue weighted by Crippen LogP contribution is -2.16. The monoisotopic (exact) mass is 420 g/mol. The molecule has 0 aliphatic carbocycles. The van der Waals surface area contributed by atoms with Gasteiger partial charge >= 0.3 is 6.18 Å². The van der Waals surface area contributed by atoms with Gasteiger partial charge in [-0.1, -0.05) is 6.07 Å². The van der Waals surface area contributed by atoms with Crippen LogP contribution in [0.4, 0.5) is 19.0 Å². The molecule has 10 heteroatoms. The van der Waals surface area contributed by atoms with E-state index in [9.17, 15) is 18.0 Å². The maximum atomic E-state index is 12.8. The van der Waals surface area contributed by atoms with E-state index in [1.807, 2.05) is 6.20 Å². The van der Waals surface area contributed by atoms with E-state index in [-0.39, 0.29) is 17.3 Å². The summed E-state index contributed by atoms with van der Waals surface area (Å²) in [5, 5.41) is 2.40. The number of halogens is 3. The van der Waals surface area contributed by atoms with Gasteiger partial charge < -0.3 is 19.2 Å². The van der Waals surface area contributed by atoms with Crippen molar-refractivity contribution in [3.05, 3.63) is 53.6 Å². The molecule has 1 N–H and O–H groups in total. The third-order valence-electron chi connectivity index (χ3n) is 4.94. The number of pyridine rings is 2. The summed E-state index contributed by atoms with van der Waals surface area (Å²) in [6, 6.07) is 4.82. The average molecular weight is 420 g/mol. The Morgan fingerprint density at radius 3 is 2.70 bits per heavy atom. The number of methoxy groups -OCH3 is 1. The molecule has 1 fully saturated rings. The number of nitrogens with zero attached hydrogens (tertiary/aromatic N) is 3. The quantitative estimate of drug-likeness (QED) is 0.693. The van der Waals surface area contributed by atoms with E-state index < -0.39 is 17.8 Å². The van der Waals surface area contributed by atoms with E-state index in [0.29, 0.717) is 24.6 Å². The molecule has 0 unspecified atom stereocenters. The van der Waals surface area contributed by atoms with E-state index >= 15 is 0 Å². The number of hydrogen-bond donors (Lipinski definition) is 1. The topological polar surface area (TPSA) is 77.8 Å². The summed E-state index contributed by atoms with van der Waals surface area (Å²) in [5.74, 6) is -0.154. The minimum absolute atomic E-state index is 0.192. The van der Waals surface area contributed by atoms with Crippen LogP contribution in [-0.2, 0) is 10.9 Å². The first kappa shape index (κ1) is 20.1. The molecule has 0 spiro atoms. The van der Waals surface area contributed by atoms with E-state index in [4.69, 9.17) is 9.47 Å². The first-order chi connectivity index (χ1) is 14.3. The molecule has 4 heterocycles. The summed E-state index contributed by atoms with van der Waals surface area (Å²) in [7, 11) is 1.47. The molecule has 1 saturated heterocycles. The van der Waals surface area contributed by atoms with Gasteiger partial charge in [0.2, 0.25) is 0 Å². The number of ether oxygens (including phenoxy) is 2. The second-order valence-electron chi connectivity index (χ2n) is 6.94. The number of imidazole rings is 1. The van der Waals surface area contributed by atoms with Crippen molar-refractivity contribution in [3.8, 4) is 5.75 Å². The summed E-state index contributed by atoms with van der Waals surface area (Å²) in [6.07, 6.45) is 0.533. The van der Waals surface area contributed by atoms with Crippen LogP contribution in [0.3, 0.4) is 0 Å². The van der Waals surface area contributed by atoms with E-state index in [0.717, 1.165) is 24.6 Å². The van der Waals surface area contributed by atoms with Crippen molar-refractivity contribution in [1.29, 1.82) is 0 Å². The van der Waals surface area contributed by atoms with Crippen LogP contribution < -0.4 is 10.1 Å². The highest BCUT2D eigenvalue weighted by Gasteiger charge is 2.32. The van der Waals surface area contributed by atoms with Crippen LogP contribution >= 0.6 is 0 Å². The van der Waals surface area contributed by atoms with Crippen molar-refractivity contribution in [2.24, 2.45) is 0 Å². The molecule has 4 rings (SSSR count). The van der Waals surface area contributed by atoms with Crippen molar-refractivity contribution in [2.45, 2.75) is 24.9 Å². The van der Waals surface area contributed by atoms with Gasteiger partial charge in [-0.25, -0.2) is 9.97 Å². The van der Waals surface area contributed by atoms with Gasteiger partial charge in [-0.05, 0) is 31.0 Å². The predicted molar refractivity (Wildman–Crippen MR) is 102 cm³/mol. The van der Waals surface area contributed by atoms with Crippen LogP contribution in [0.15, 0.2) is 36.7 Å². The molecule has 1 aliphatic rings. The zero-order valence-electron chi connectivity index (χ0n) is 16.1. The number of aromatic nitrogens is 3. The maximum absolute atomic E-state index is 12.8. The minimum atomic E-state index is -4.60. The van der Waals surface area contributed by atoms with Crippen LogP contribution in [0.2, 0.25) is 0 Å². The van der Waals surface area contributed by atoms with Gasteiger partial charge in [0.05, 0.1) is 18.4 Å². The number of alkyl halides is 3. The first-order valence-electron chi connectivity index (χ1n) is 9.35. The number of rotatable bonds is 4. The van der Waals surface area contributed by atoms with Crippen molar-refractivity contribution in [3.63, 3.8) is 0 Å². The molecule has 0 saturated carbocycles. The summed E-state index contributed by atoms with van der Waals surface area (Å²) in [5.41, 5.74) is 0.569. The third kappa shape index (κ3) is 4.09. The Balaban J connectivity index is 1.62. The average Bonchev–Trinajstić information content (AvgIpc) is 3.17. The molecule has 0 radical (unpaired) electrons. The van der Waals surface area contributed by atoms with Crippen molar-refractivity contribution >= 4 is 17.4 Å². The van der Waals surface area contributed by atoms with Gasteiger partial charge in [0.15, 0.2) is 11.4 Å². The highest BCUT2D eigenvalue weighted by Crippen LogP contribution is 2.30. The number of hydrogen-bond acceptors (Lipinski definition) is 5. The van der Waals surface area contributed by atoms with Crippen molar-refractivity contribution in [1.82, 2.24) is 14.4 Å². The lowest BCUT2D eigenvalue weighted by Gasteiger charge is -2.19. The molecular formula is C20H19F3N4O3. The second kappa shape index (κ2) is 7.94. The summed E-state index contributed by atoms with van der Waals surface area (Å²) in [6.45, 7) is 1.35. The van der Waals surface area contributed by atoms with Crippen molar-refractivity contribution < 1.29 is 27.4 Å². The molecule has 30 heavy (non-hydrogen) atoms. The van der Waals surface area contributed by atoms with Gasteiger partial charge in [-0.15, -0.1) is 0 Å². The minimum Gasteiger partial charge on any atom is -0.493 e. The molecule has 158 valence electrons. The number of anilines is 1. The molecule has 0 aromatic carbocycles. The Kier molecular flexibility index (Phi) is 5.33. The fourth-order valence-corrected chi connectivity index (χ4v) is 3.40. The first-order valence-corrected chi connectivity index (χ1v) is 9.35. The summed E-state index contributed by atoms with van der Waals surface area (Å²) >= 11 is 0. The largest absolute Gasteiger partial charge is 0.493 e. The molecule has 3 aromatic rings. The van der Waals surface area contributed by atoms with Crippen LogP contribution in [0.25, 0.3) is 5.65 Å². The van der Waals surface area contributed by atoms with Crippen LogP contribution in [0, 0.1) is 0 Å². The zero-order valence-corrected chi connectivity index (χ0v) is 16.1. The van der Waals surface area contributed by atoms with Gasteiger partial charge in [0.1, 0.15) is 11.5 Å². The number of fused-ring (bicyclic) bond motifs is 1. The Morgan fingerprint density at radius 1 is 1.23 bits per heavy atom. The summed E-state index contributed by atoms with van der Waals surface area (Å²) < 4.78 is 51.0. The smallest absolute Gasteiger partial charge is 0.433 e. The molecule has 3 aromatic heterocycles. The van der Waals surface area contributed by atoms with E-state index in [2.05, 4.69) is 15.3 Å². The Bertz CT molecular complexity index is 1070. The Morgan fingerprint density at radius 2 is 2.00 bits per heavy atom. The fraction of sp³-hybridized carbons (Fsp3) is 0.350. The molecule has 1 aliphatic heterocycles. The molecular weight excluding hydrogens is 401 g/mol. The maximum Gasteiger partial charge on any atom is 0.433 e. The van der Waals surface area contributed by atoms with Crippen LogP contribution in [-0.4, -0.2) is 40.6 Å². The lowest BCUT2D eigenvalue weighted by molar-refractivity contribution is -0.141. The number of nitrogens with one attached hydrogen (secondary N) is 1. The second-order valence-corrected chi connectivity index (χ2v) is 6.94. The standard InChI is InChI=1S/C20H19F3N4O3/c1-29-15-9-13(19(28)26-17-4-2-3-16(25-17)20(21,22)23)10-27-11-14(24-18(15)27)12-5-7-30-8-6-12/h2-4,9-12H,5-8H2,1H3,(H,25,26,28). The highest BCUT2D eigenvalue weighted by molar-refractivity contribution is 6.04. The molecule has 7 nitrogen and oxygen atoms in total. The SMILES string of the molecule is COc1cc(C(=O)Nc2cccc(C(F)(F)F)n2)cn2cc(C3CCOCC3)nc12. The number of carbonyl (C=O) groups is 1. The number of carbonyl (C=O) groups excluding carboxylic acids is 1. The summed E-state index contributed by atoms with van der Waals surface area (Å²) in [4.78, 5) is 20.8. The Hall–Kier alpha value is -3.14. The van der Waals surface area contributed by atoms with Gasteiger partial charge in [0.25, 0.3) is 5.91 Å². The van der Waals surface area contributed by atoms with Crippen LogP contribution in [0.1, 0.15) is 40.5 Å². The van der Waals surface area contributed by atoms with Gasteiger partial charge in [0, 0.05) is 31.5 Å². The number of amides is 1. The molecule has 0 bridgehead atoms.